The maximum Gasteiger partial charge on any atom is 0.459 e. The summed E-state index contributed by atoms with van der Waals surface area (Å²) in [6, 6.07) is 8.02. The van der Waals surface area contributed by atoms with E-state index >= 15 is 0 Å². The predicted molar refractivity (Wildman–Crippen MR) is 149 cm³/mol. The van der Waals surface area contributed by atoms with Gasteiger partial charge in [0.2, 0.25) is 0 Å². The van der Waals surface area contributed by atoms with Gasteiger partial charge in [0.1, 0.15) is 53.0 Å². The van der Waals surface area contributed by atoms with E-state index in [1.165, 1.54) is 48.3 Å². The van der Waals surface area contributed by atoms with Gasteiger partial charge in [-0.05, 0) is 57.9 Å². The number of nitriles is 1. The lowest BCUT2D eigenvalue weighted by atomic mass is 9.96. The van der Waals surface area contributed by atoms with Crippen LogP contribution < -0.4 is 15.3 Å². The number of hydrogen-bond donors (Lipinski definition) is 4. The number of fused-ring (bicyclic) bond motifs is 1. The van der Waals surface area contributed by atoms with Gasteiger partial charge in [0.05, 0.1) is 23.7 Å². The quantitative estimate of drug-likeness (QED) is 0.190. The predicted octanol–water partition coefficient (Wildman–Crippen LogP) is 2.83. The number of carbonyl (C=O) groups is 1. The zero-order chi connectivity index (χ0) is 30.4. The van der Waals surface area contributed by atoms with Crippen LogP contribution in [0.3, 0.4) is 0 Å². The fraction of sp³-hybridized carbons (Fsp3) is 0.462. The summed E-state index contributed by atoms with van der Waals surface area (Å²) in [4.78, 5) is 20.9. The molecule has 0 amide bonds. The summed E-state index contributed by atoms with van der Waals surface area (Å²) in [6.45, 7) is 4.21. The number of esters is 1. The first-order chi connectivity index (χ1) is 19.8. The first-order valence-corrected chi connectivity index (χ1v) is 15.0. The normalized spacial score (nSPS) is 26.1. The molecule has 16 heteroatoms. The Morgan fingerprint density at radius 2 is 2.05 bits per heavy atom. The number of nitrogens with two attached hydrogens (primary N) is 1. The molecular weight excluding hydrogens is 591 g/mol. The molecule has 1 aliphatic heterocycles. The molecule has 2 aliphatic rings. The highest BCUT2D eigenvalue weighted by Crippen LogP contribution is 2.53. The third-order valence-electron chi connectivity index (χ3n) is 7.05. The summed E-state index contributed by atoms with van der Waals surface area (Å²) in [5, 5.41) is 35.4. The third-order valence-corrected chi connectivity index (χ3v) is 8.94. The van der Waals surface area contributed by atoms with Crippen LogP contribution in [0.5, 0.6) is 5.75 Å². The largest absolute Gasteiger partial charge is 0.462 e. The molecule has 2 fully saturated rings. The van der Waals surface area contributed by atoms with Crippen LogP contribution in [0.15, 0.2) is 36.8 Å². The number of benzene rings is 1. The zero-order valence-electron chi connectivity index (χ0n) is 22.9. The molecule has 1 saturated carbocycles. The Balaban J connectivity index is 1.40. The minimum atomic E-state index is -4.33. The molecule has 1 saturated heterocycles. The van der Waals surface area contributed by atoms with Gasteiger partial charge in [0.25, 0.3) is 0 Å². The highest BCUT2D eigenvalue weighted by molar-refractivity contribution is 7.52. The lowest BCUT2D eigenvalue weighted by Crippen LogP contribution is -2.45. The average molecular weight is 621 g/mol. The summed E-state index contributed by atoms with van der Waals surface area (Å²) in [6.07, 6.45) is -1.17. The van der Waals surface area contributed by atoms with Gasteiger partial charge in [0.15, 0.2) is 6.23 Å². The molecular formula is C26H30ClN6O8P. The van der Waals surface area contributed by atoms with Gasteiger partial charge in [-0.1, -0.05) is 11.6 Å². The molecule has 5 rings (SSSR count). The Bertz CT molecular complexity index is 1590. The van der Waals surface area contributed by atoms with Crippen LogP contribution in [0.25, 0.3) is 11.0 Å². The van der Waals surface area contributed by atoms with E-state index < -0.39 is 56.0 Å². The van der Waals surface area contributed by atoms with Crippen molar-refractivity contribution in [2.45, 2.75) is 69.3 Å². The number of rotatable bonds is 10. The van der Waals surface area contributed by atoms with E-state index in [-0.39, 0.29) is 28.2 Å². The summed E-state index contributed by atoms with van der Waals surface area (Å²) < 4.78 is 38.2. The topological polar surface area (TPSA) is 204 Å². The number of anilines is 1. The number of halogens is 1. The number of nitrogens with one attached hydrogen (secondary N) is 1. The summed E-state index contributed by atoms with van der Waals surface area (Å²) >= 11 is 5.96. The van der Waals surface area contributed by atoms with Crippen LogP contribution >= 0.6 is 19.3 Å². The van der Waals surface area contributed by atoms with Gasteiger partial charge >= 0.3 is 13.7 Å². The van der Waals surface area contributed by atoms with Crippen molar-refractivity contribution in [3.63, 3.8) is 0 Å². The zero-order valence-corrected chi connectivity index (χ0v) is 24.6. The lowest BCUT2D eigenvalue weighted by molar-refractivity contribution is -0.150. The standard InChI is InChI=1S/C26H30ClN6O8P/c1-14(2)39-24(35)26(8-9-26)32-42(37,41-17-6-4-16(27)5-7-17)38-12-18-20(34)25(3,36)23(40-18)33-11-15(10-28)19-21(29)30-13-31-22(19)33/h4-7,11,13-14,18,20,23,34,36H,8-9,12H2,1-3H3,(H,32,37)(H2,29,30,31)/t18?,20-,23?,25-,42?/m1/s1. The van der Waals surface area contributed by atoms with E-state index in [0.717, 1.165) is 0 Å². The van der Waals surface area contributed by atoms with Crippen LogP contribution in [0.4, 0.5) is 5.82 Å². The van der Waals surface area contributed by atoms with Crippen LogP contribution in [0.2, 0.25) is 5.02 Å². The van der Waals surface area contributed by atoms with Crippen molar-refractivity contribution in [2.75, 3.05) is 12.3 Å². The van der Waals surface area contributed by atoms with Crippen molar-refractivity contribution >= 4 is 42.2 Å². The van der Waals surface area contributed by atoms with Crippen molar-refractivity contribution in [2.24, 2.45) is 0 Å². The molecule has 3 aromatic rings. The van der Waals surface area contributed by atoms with Crippen LogP contribution in [0, 0.1) is 11.3 Å². The van der Waals surface area contributed by atoms with Gasteiger partial charge in [-0.15, -0.1) is 0 Å². The van der Waals surface area contributed by atoms with Crippen molar-refractivity contribution in [1.82, 2.24) is 19.6 Å². The number of nitrogen functional groups attached to an aromatic ring is 1. The number of nitrogens with zero attached hydrogens (tertiary/aromatic N) is 4. The number of ether oxygens (including phenoxy) is 2. The number of aliphatic hydroxyl groups is 2. The summed E-state index contributed by atoms with van der Waals surface area (Å²) in [5.74, 6) is -0.402. The Morgan fingerprint density at radius 3 is 2.67 bits per heavy atom. The fourth-order valence-electron chi connectivity index (χ4n) is 4.71. The highest BCUT2D eigenvalue weighted by Gasteiger charge is 2.58. The Kier molecular flexibility index (Phi) is 7.97. The Morgan fingerprint density at radius 1 is 1.36 bits per heavy atom. The van der Waals surface area contributed by atoms with Crippen molar-refractivity contribution in [1.29, 1.82) is 5.26 Å². The third kappa shape index (κ3) is 5.69. The molecule has 0 bridgehead atoms. The van der Waals surface area contributed by atoms with Gasteiger partial charge in [0, 0.05) is 11.2 Å². The molecule has 3 unspecified atom stereocenters. The average Bonchev–Trinajstić information content (AvgIpc) is 3.55. The Labute approximate surface area is 245 Å². The molecule has 1 aromatic carbocycles. The van der Waals surface area contributed by atoms with Gasteiger partial charge < -0.3 is 34.5 Å². The van der Waals surface area contributed by atoms with E-state index in [1.807, 2.05) is 6.07 Å². The van der Waals surface area contributed by atoms with Crippen LogP contribution in [0.1, 0.15) is 45.4 Å². The second kappa shape index (κ2) is 11.1. The molecule has 2 aromatic heterocycles. The minimum absolute atomic E-state index is 0.0599. The second-order valence-corrected chi connectivity index (χ2v) is 12.8. The van der Waals surface area contributed by atoms with Crippen LogP contribution in [-0.2, 0) is 23.4 Å². The van der Waals surface area contributed by atoms with Crippen LogP contribution in [-0.4, -0.2) is 66.8 Å². The molecule has 1 aliphatic carbocycles. The smallest absolute Gasteiger partial charge is 0.459 e. The first-order valence-electron chi connectivity index (χ1n) is 13.1. The minimum Gasteiger partial charge on any atom is -0.462 e. The van der Waals surface area contributed by atoms with Gasteiger partial charge in [-0.3, -0.25) is 9.32 Å². The number of hydrogen-bond acceptors (Lipinski definition) is 12. The number of aliphatic hydroxyl groups excluding tert-OH is 1. The first kappa shape index (κ1) is 30.2. The maximum atomic E-state index is 14.1. The molecule has 42 heavy (non-hydrogen) atoms. The number of carbonyl (C=O) groups excluding carboxylic acids is 1. The molecule has 5 N–H and O–H groups in total. The molecule has 14 nitrogen and oxygen atoms in total. The second-order valence-electron chi connectivity index (χ2n) is 10.7. The van der Waals surface area contributed by atoms with Gasteiger partial charge in [-0.2, -0.15) is 10.3 Å². The number of aromatic nitrogens is 3. The summed E-state index contributed by atoms with van der Waals surface area (Å²) in [7, 11) is -4.33. The molecule has 0 radical (unpaired) electrons. The maximum absolute atomic E-state index is 14.1. The lowest BCUT2D eigenvalue weighted by Gasteiger charge is -2.28. The SMILES string of the molecule is CC(C)OC(=O)C1(NP(=O)(OCC2OC(n3cc(C#N)c4c(N)ncnc43)[C@](C)(O)[C@@H]2O)Oc2ccc(Cl)cc2)CC1. The van der Waals surface area contributed by atoms with Gasteiger partial charge in [-0.25, -0.2) is 14.5 Å². The summed E-state index contributed by atoms with van der Waals surface area (Å²) in [5.41, 5.74) is 3.10. The van der Waals surface area contributed by atoms with Crippen molar-refractivity contribution < 1.29 is 38.1 Å². The van der Waals surface area contributed by atoms with E-state index in [4.69, 9.17) is 35.9 Å². The van der Waals surface area contributed by atoms with E-state index in [0.29, 0.717) is 17.9 Å². The monoisotopic (exact) mass is 620 g/mol. The fourth-order valence-corrected chi connectivity index (χ4v) is 6.58. The molecule has 0 spiro atoms. The highest BCUT2D eigenvalue weighted by atomic mass is 35.5. The van der Waals surface area contributed by atoms with Crippen molar-refractivity contribution in [3.8, 4) is 11.8 Å². The van der Waals surface area contributed by atoms with E-state index in [2.05, 4.69) is 15.1 Å². The van der Waals surface area contributed by atoms with Crippen molar-refractivity contribution in [3.05, 3.63) is 47.4 Å². The van der Waals surface area contributed by atoms with E-state index in [1.54, 1.807) is 13.8 Å². The van der Waals surface area contributed by atoms with E-state index in [9.17, 15) is 24.8 Å². The molecule has 224 valence electrons. The molecule has 5 atom stereocenters. The molecule has 3 heterocycles. The Hall–Kier alpha value is -3.28.